The van der Waals surface area contributed by atoms with Gasteiger partial charge in [0.2, 0.25) is 0 Å². The zero-order valence-electron chi connectivity index (χ0n) is 20.3. The second-order valence-corrected chi connectivity index (χ2v) is 11.6. The first kappa shape index (κ1) is 28.1. The smallest absolute Gasteiger partial charge is 0.390 e. The van der Waals surface area contributed by atoms with E-state index >= 15 is 0 Å². The third-order valence-corrected chi connectivity index (χ3v) is 8.85. The van der Waals surface area contributed by atoms with E-state index in [0.717, 1.165) is 110 Å². The van der Waals surface area contributed by atoms with Crippen molar-refractivity contribution in [2.24, 2.45) is 5.92 Å². The van der Waals surface area contributed by atoms with Crippen molar-refractivity contribution in [2.75, 3.05) is 26.4 Å². The molecule has 3 unspecified atom stereocenters. The first-order valence-corrected chi connectivity index (χ1v) is 14.7. The SMILES string of the molecule is CCCCOC1CC(CC[Si](OCCCC)(OCCCC)OCCCC)CCC1O. The van der Waals surface area contributed by atoms with Gasteiger partial charge in [-0.2, -0.15) is 0 Å². The number of hydrogen-bond acceptors (Lipinski definition) is 5. The molecule has 180 valence electrons. The molecule has 0 aliphatic heterocycles. The van der Waals surface area contributed by atoms with Crippen molar-refractivity contribution in [3.05, 3.63) is 0 Å². The molecule has 0 radical (unpaired) electrons. The average molecular weight is 447 g/mol. The third-order valence-electron chi connectivity index (χ3n) is 6.01. The second kappa shape index (κ2) is 17.6. The highest BCUT2D eigenvalue weighted by atomic mass is 28.4. The maximum absolute atomic E-state index is 10.4. The summed E-state index contributed by atoms with van der Waals surface area (Å²) in [6.07, 6.45) is 12.2. The van der Waals surface area contributed by atoms with Crippen molar-refractivity contribution < 1.29 is 23.1 Å². The van der Waals surface area contributed by atoms with E-state index < -0.39 is 8.80 Å². The highest BCUT2D eigenvalue weighted by Gasteiger charge is 2.42. The van der Waals surface area contributed by atoms with Crippen LogP contribution < -0.4 is 0 Å². The first-order chi connectivity index (χ1) is 14.6. The van der Waals surface area contributed by atoms with Crippen LogP contribution in [0.4, 0.5) is 0 Å². The minimum atomic E-state index is -2.66. The molecule has 0 amide bonds. The van der Waals surface area contributed by atoms with Crippen molar-refractivity contribution in [1.29, 1.82) is 0 Å². The Hall–Kier alpha value is 0.0169. The van der Waals surface area contributed by atoms with Gasteiger partial charge in [-0.3, -0.25) is 0 Å². The summed E-state index contributed by atoms with van der Waals surface area (Å²) in [5.74, 6) is 0.547. The topological polar surface area (TPSA) is 57.2 Å². The molecular weight excluding hydrogens is 396 g/mol. The van der Waals surface area contributed by atoms with Gasteiger partial charge in [-0.15, -0.1) is 0 Å². The molecule has 1 aliphatic rings. The van der Waals surface area contributed by atoms with Crippen LogP contribution in [0.25, 0.3) is 0 Å². The molecule has 6 heteroatoms. The summed E-state index contributed by atoms with van der Waals surface area (Å²) in [6, 6.07) is 0.882. The van der Waals surface area contributed by atoms with E-state index in [0.29, 0.717) is 5.92 Å². The van der Waals surface area contributed by atoms with Gasteiger partial charge >= 0.3 is 8.80 Å². The number of unbranched alkanes of at least 4 members (excludes halogenated alkanes) is 4. The molecule has 0 bridgehead atoms. The molecule has 1 aliphatic carbocycles. The van der Waals surface area contributed by atoms with E-state index in [1.165, 1.54) is 0 Å². The number of aliphatic hydroxyl groups excluding tert-OH is 1. The van der Waals surface area contributed by atoms with Crippen LogP contribution in [0.1, 0.15) is 105 Å². The molecule has 3 atom stereocenters. The lowest BCUT2D eigenvalue weighted by molar-refractivity contribution is -0.0726. The van der Waals surface area contributed by atoms with Gasteiger partial charge in [0, 0.05) is 32.5 Å². The van der Waals surface area contributed by atoms with Crippen LogP contribution >= 0.6 is 0 Å². The van der Waals surface area contributed by atoms with Gasteiger partial charge in [0.1, 0.15) is 0 Å². The summed E-state index contributed by atoms with van der Waals surface area (Å²) in [5, 5.41) is 10.4. The van der Waals surface area contributed by atoms with Crippen LogP contribution in [0, 0.1) is 5.92 Å². The van der Waals surface area contributed by atoms with Crippen LogP contribution in [0.2, 0.25) is 6.04 Å². The molecule has 1 saturated carbocycles. The van der Waals surface area contributed by atoms with Gasteiger partial charge in [0.15, 0.2) is 0 Å². The quantitative estimate of drug-likeness (QED) is 0.191. The van der Waals surface area contributed by atoms with E-state index in [9.17, 15) is 5.11 Å². The third kappa shape index (κ3) is 11.6. The highest BCUT2D eigenvalue weighted by molar-refractivity contribution is 6.60. The summed E-state index contributed by atoms with van der Waals surface area (Å²) >= 11 is 0. The van der Waals surface area contributed by atoms with Crippen LogP contribution in [-0.2, 0) is 18.0 Å². The zero-order valence-corrected chi connectivity index (χ0v) is 21.3. The predicted molar refractivity (Wildman–Crippen MR) is 126 cm³/mol. The minimum Gasteiger partial charge on any atom is -0.390 e. The molecule has 0 spiro atoms. The fourth-order valence-corrected chi connectivity index (χ4v) is 6.67. The van der Waals surface area contributed by atoms with E-state index in [-0.39, 0.29) is 12.2 Å². The lowest BCUT2D eigenvalue weighted by Crippen LogP contribution is -2.47. The number of hydrogen-bond donors (Lipinski definition) is 1. The minimum absolute atomic E-state index is 0.0191. The fourth-order valence-electron chi connectivity index (χ4n) is 3.85. The Bertz CT molecular complexity index is 369. The molecular formula is C24H50O5Si. The molecule has 0 saturated heterocycles. The molecule has 0 aromatic heterocycles. The van der Waals surface area contributed by atoms with Crippen molar-refractivity contribution in [1.82, 2.24) is 0 Å². The monoisotopic (exact) mass is 446 g/mol. The van der Waals surface area contributed by atoms with Crippen molar-refractivity contribution in [3.63, 3.8) is 0 Å². The lowest BCUT2D eigenvalue weighted by Gasteiger charge is -2.35. The van der Waals surface area contributed by atoms with Gasteiger partial charge in [-0.25, -0.2) is 0 Å². The number of ether oxygens (including phenoxy) is 1. The Morgan fingerprint density at radius 3 is 1.73 bits per heavy atom. The Labute approximate surface area is 187 Å². The highest BCUT2D eigenvalue weighted by Crippen LogP contribution is 2.33. The van der Waals surface area contributed by atoms with E-state index in [2.05, 4.69) is 27.7 Å². The Balaban J connectivity index is 2.69. The number of aliphatic hydroxyl groups is 1. The largest absolute Gasteiger partial charge is 0.500 e. The zero-order chi connectivity index (χ0) is 22.1. The predicted octanol–water partition coefficient (Wildman–Crippen LogP) is 6.11. The summed E-state index contributed by atoms with van der Waals surface area (Å²) in [4.78, 5) is 0. The molecule has 1 rings (SSSR count). The first-order valence-electron chi connectivity index (χ1n) is 12.8. The van der Waals surface area contributed by atoms with Crippen molar-refractivity contribution >= 4 is 8.80 Å². The Morgan fingerprint density at radius 1 is 0.733 bits per heavy atom. The summed E-state index contributed by atoms with van der Waals surface area (Å²) < 4.78 is 25.2. The summed E-state index contributed by atoms with van der Waals surface area (Å²) in [6.45, 7) is 11.7. The van der Waals surface area contributed by atoms with E-state index in [4.69, 9.17) is 18.0 Å². The number of rotatable bonds is 19. The maximum atomic E-state index is 10.4. The van der Waals surface area contributed by atoms with Gasteiger partial charge < -0.3 is 23.1 Å². The average Bonchev–Trinajstić information content (AvgIpc) is 2.74. The molecule has 1 fully saturated rings. The van der Waals surface area contributed by atoms with Crippen LogP contribution in [-0.4, -0.2) is 52.5 Å². The normalized spacial score (nSPS) is 22.5. The van der Waals surface area contributed by atoms with Crippen molar-refractivity contribution in [3.8, 4) is 0 Å². The van der Waals surface area contributed by atoms with Gasteiger partial charge in [-0.1, -0.05) is 53.4 Å². The Morgan fingerprint density at radius 2 is 1.23 bits per heavy atom. The molecule has 1 N–H and O–H groups in total. The molecule has 5 nitrogen and oxygen atoms in total. The summed E-state index contributed by atoms with van der Waals surface area (Å²) in [7, 11) is -2.66. The van der Waals surface area contributed by atoms with E-state index in [1.54, 1.807) is 0 Å². The van der Waals surface area contributed by atoms with Gasteiger partial charge in [-0.05, 0) is 57.3 Å². The van der Waals surface area contributed by atoms with Crippen molar-refractivity contribution in [2.45, 2.75) is 123 Å². The second-order valence-electron chi connectivity index (χ2n) is 8.84. The van der Waals surface area contributed by atoms with Crippen LogP contribution in [0.3, 0.4) is 0 Å². The molecule has 0 aromatic carbocycles. The standard InChI is InChI=1S/C24H50O5Si/c1-5-9-16-26-24-21-22(13-14-23(24)25)15-20-30(27-17-10-6-2,28-18-11-7-3)29-19-12-8-4/h22-25H,5-21H2,1-4H3. The molecule has 0 aromatic rings. The van der Waals surface area contributed by atoms with E-state index in [1.807, 2.05) is 0 Å². The van der Waals surface area contributed by atoms with Crippen LogP contribution in [0.5, 0.6) is 0 Å². The Kier molecular flexibility index (Phi) is 16.4. The molecule has 30 heavy (non-hydrogen) atoms. The summed E-state index contributed by atoms with van der Waals surface area (Å²) in [5.41, 5.74) is 0. The maximum Gasteiger partial charge on any atom is 0.500 e. The van der Waals surface area contributed by atoms with Gasteiger partial charge in [0.25, 0.3) is 0 Å². The lowest BCUT2D eigenvalue weighted by atomic mass is 9.84. The molecule has 0 heterocycles. The van der Waals surface area contributed by atoms with Crippen LogP contribution in [0.15, 0.2) is 0 Å². The van der Waals surface area contributed by atoms with Gasteiger partial charge in [0.05, 0.1) is 12.2 Å². The fraction of sp³-hybridized carbons (Fsp3) is 1.00.